The van der Waals surface area contributed by atoms with Crippen LogP contribution in [0.3, 0.4) is 0 Å². The zero-order valence-corrected chi connectivity index (χ0v) is 23.5. The van der Waals surface area contributed by atoms with Gasteiger partial charge in [-0.2, -0.15) is 5.10 Å². The second kappa shape index (κ2) is 12.2. The predicted molar refractivity (Wildman–Crippen MR) is 155 cm³/mol. The molecule has 2 aliphatic rings. The maximum atomic E-state index is 9.76. The first-order chi connectivity index (χ1) is 19.0. The number of ether oxygens (including phenoxy) is 2. The van der Waals surface area contributed by atoms with Crippen LogP contribution in [0.15, 0.2) is 47.7 Å². The second-order valence-corrected chi connectivity index (χ2v) is 10.6. The SMILES string of the molecule is COc1cc(OC)cc(N(CCCN2CCC[C@H]2CO)c2ccc3ncc(C4C=NN(C(C)C)C4)nc3c2)c1. The van der Waals surface area contributed by atoms with Gasteiger partial charge in [0.2, 0.25) is 0 Å². The molecule has 2 atom stereocenters. The van der Waals surface area contributed by atoms with Gasteiger partial charge in [0, 0.05) is 73.7 Å². The highest BCUT2D eigenvalue weighted by Crippen LogP contribution is 2.34. The molecular weight excluding hydrogens is 492 g/mol. The first kappa shape index (κ1) is 27.1. The van der Waals surface area contributed by atoms with Gasteiger partial charge in [-0.25, -0.2) is 4.98 Å². The summed E-state index contributed by atoms with van der Waals surface area (Å²) in [4.78, 5) is 14.5. The summed E-state index contributed by atoms with van der Waals surface area (Å²) in [7, 11) is 3.34. The van der Waals surface area contributed by atoms with E-state index in [9.17, 15) is 5.11 Å². The summed E-state index contributed by atoms with van der Waals surface area (Å²) in [6.45, 7) is 8.12. The Hall–Kier alpha value is -3.43. The molecule has 0 amide bonds. The third-order valence-corrected chi connectivity index (χ3v) is 7.80. The number of hydrogen-bond donors (Lipinski definition) is 1. The summed E-state index contributed by atoms with van der Waals surface area (Å²) in [6, 6.07) is 12.9. The third-order valence-electron chi connectivity index (χ3n) is 7.80. The summed E-state index contributed by atoms with van der Waals surface area (Å²) in [5.41, 5.74) is 4.69. The highest BCUT2D eigenvalue weighted by molar-refractivity contribution is 5.82. The van der Waals surface area contributed by atoms with E-state index in [1.165, 1.54) is 0 Å². The van der Waals surface area contributed by atoms with Crippen molar-refractivity contribution in [1.82, 2.24) is 19.9 Å². The average molecular weight is 533 g/mol. The van der Waals surface area contributed by atoms with Crippen molar-refractivity contribution in [3.05, 3.63) is 48.3 Å². The molecular formula is C30H40N6O3. The molecule has 0 spiro atoms. The highest BCUT2D eigenvalue weighted by Gasteiger charge is 2.25. The fourth-order valence-electron chi connectivity index (χ4n) is 5.52. The van der Waals surface area contributed by atoms with Crippen LogP contribution in [0, 0.1) is 0 Å². The average Bonchev–Trinajstić information content (AvgIpc) is 3.64. The Kier molecular flexibility index (Phi) is 8.47. The lowest BCUT2D eigenvalue weighted by molar-refractivity contribution is 0.158. The maximum absolute atomic E-state index is 9.76. The molecule has 1 N–H and O–H groups in total. The van der Waals surface area contributed by atoms with Crippen molar-refractivity contribution in [2.75, 3.05) is 51.9 Å². The Balaban J connectivity index is 1.44. The van der Waals surface area contributed by atoms with Gasteiger partial charge in [0.15, 0.2) is 0 Å². The van der Waals surface area contributed by atoms with Gasteiger partial charge in [-0.1, -0.05) is 0 Å². The van der Waals surface area contributed by atoms with E-state index in [0.29, 0.717) is 6.04 Å². The molecule has 0 aliphatic carbocycles. The number of aliphatic hydroxyl groups is 1. The second-order valence-electron chi connectivity index (χ2n) is 10.6. The molecule has 1 saturated heterocycles. The van der Waals surface area contributed by atoms with Crippen LogP contribution in [0.25, 0.3) is 11.0 Å². The predicted octanol–water partition coefficient (Wildman–Crippen LogP) is 4.43. The van der Waals surface area contributed by atoms with Crippen LogP contribution in [0.2, 0.25) is 0 Å². The number of anilines is 2. The number of hydrazone groups is 1. The Bertz CT molecular complexity index is 1280. The molecule has 3 heterocycles. The van der Waals surface area contributed by atoms with Gasteiger partial charge in [0.05, 0.1) is 43.5 Å². The fourth-order valence-corrected chi connectivity index (χ4v) is 5.52. The van der Waals surface area contributed by atoms with E-state index >= 15 is 0 Å². The van der Waals surface area contributed by atoms with Gasteiger partial charge in [-0.3, -0.25) is 14.9 Å². The summed E-state index contributed by atoms with van der Waals surface area (Å²) in [6.07, 6.45) is 7.02. The number of likely N-dealkylation sites (tertiary alicyclic amines) is 1. The number of rotatable bonds is 11. The van der Waals surface area contributed by atoms with Crippen LogP contribution in [0.4, 0.5) is 11.4 Å². The molecule has 1 aromatic heterocycles. The van der Waals surface area contributed by atoms with Crippen LogP contribution in [0.1, 0.15) is 44.7 Å². The van der Waals surface area contributed by atoms with Gasteiger partial charge in [-0.15, -0.1) is 0 Å². The zero-order valence-electron chi connectivity index (χ0n) is 23.5. The highest BCUT2D eigenvalue weighted by atomic mass is 16.5. The van der Waals surface area contributed by atoms with Crippen molar-refractivity contribution < 1.29 is 14.6 Å². The Morgan fingerprint density at radius 2 is 1.85 bits per heavy atom. The summed E-state index contributed by atoms with van der Waals surface area (Å²) in [5, 5.41) is 16.4. The van der Waals surface area contributed by atoms with E-state index in [1.54, 1.807) is 14.2 Å². The first-order valence-corrected chi connectivity index (χ1v) is 13.9. The molecule has 208 valence electrons. The van der Waals surface area contributed by atoms with E-state index in [0.717, 1.165) is 85.0 Å². The Morgan fingerprint density at radius 1 is 1.05 bits per heavy atom. The van der Waals surface area contributed by atoms with Crippen LogP contribution >= 0.6 is 0 Å². The van der Waals surface area contributed by atoms with Crippen molar-refractivity contribution in [1.29, 1.82) is 0 Å². The smallest absolute Gasteiger partial charge is 0.124 e. The summed E-state index contributed by atoms with van der Waals surface area (Å²) >= 11 is 0. The van der Waals surface area contributed by atoms with E-state index in [1.807, 2.05) is 36.7 Å². The molecule has 39 heavy (non-hydrogen) atoms. The Morgan fingerprint density at radius 3 is 2.54 bits per heavy atom. The minimum absolute atomic E-state index is 0.131. The van der Waals surface area contributed by atoms with E-state index in [2.05, 4.69) is 45.9 Å². The zero-order chi connectivity index (χ0) is 27.4. The quantitative estimate of drug-likeness (QED) is 0.388. The number of fused-ring (bicyclic) bond motifs is 1. The molecule has 0 bridgehead atoms. The van der Waals surface area contributed by atoms with Gasteiger partial charge >= 0.3 is 0 Å². The van der Waals surface area contributed by atoms with Crippen molar-refractivity contribution in [2.45, 2.75) is 51.1 Å². The van der Waals surface area contributed by atoms with E-state index < -0.39 is 0 Å². The lowest BCUT2D eigenvalue weighted by Crippen LogP contribution is -2.34. The van der Waals surface area contributed by atoms with Gasteiger partial charge in [-0.05, 0) is 57.9 Å². The lowest BCUT2D eigenvalue weighted by atomic mass is 10.1. The number of aromatic nitrogens is 2. The normalized spacial score (nSPS) is 19.4. The molecule has 2 aliphatic heterocycles. The topological polar surface area (TPSA) is 86.5 Å². The standard InChI is InChI=1S/C30H40N6O3/c1-21(2)36-19-22(17-32-36)30-18-31-28-9-8-23(15-29(28)33-30)35(12-6-11-34-10-5-7-24(34)20-37)25-13-26(38-3)16-27(14-25)39-4/h8-9,13-18,21-22,24,37H,5-7,10-12,19-20H2,1-4H3/t22?,24-/m0/s1. The molecule has 0 saturated carbocycles. The van der Waals surface area contributed by atoms with E-state index in [-0.39, 0.29) is 18.6 Å². The summed E-state index contributed by atoms with van der Waals surface area (Å²) in [5.74, 6) is 1.62. The van der Waals surface area contributed by atoms with Gasteiger partial charge in [0.25, 0.3) is 0 Å². The number of methoxy groups -OCH3 is 2. The molecule has 9 nitrogen and oxygen atoms in total. The molecule has 5 rings (SSSR count). The molecule has 9 heteroatoms. The molecule has 2 aromatic carbocycles. The maximum Gasteiger partial charge on any atom is 0.124 e. The molecule has 0 radical (unpaired) electrons. The minimum atomic E-state index is 0.131. The number of nitrogens with zero attached hydrogens (tertiary/aromatic N) is 6. The molecule has 1 unspecified atom stereocenters. The van der Waals surface area contributed by atoms with Crippen LogP contribution in [0.5, 0.6) is 11.5 Å². The van der Waals surface area contributed by atoms with E-state index in [4.69, 9.17) is 19.4 Å². The van der Waals surface area contributed by atoms with Crippen molar-refractivity contribution in [2.24, 2.45) is 5.10 Å². The van der Waals surface area contributed by atoms with Crippen LogP contribution in [-0.2, 0) is 0 Å². The van der Waals surface area contributed by atoms with Gasteiger partial charge < -0.3 is 19.5 Å². The molecule has 1 fully saturated rings. The number of aliphatic hydroxyl groups excluding tert-OH is 1. The van der Waals surface area contributed by atoms with Crippen LogP contribution < -0.4 is 14.4 Å². The van der Waals surface area contributed by atoms with Crippen molar-refractivity contribution in [3.63, 3.8) is 0 Å². The van der Waals surface area contributed by atoms with Crippen molar-refractivity contribution in [3.8, 4) is 11.5 Å². The first-order valence-electron chi connectivity index (χ1n) is 13.9. The monoisotopic (exact) mass is 532 g/mol. The Labute approximate surface area is 231 Å². The summed E-state index contributed by atoms with van der Waals surface area (Å²) < 4.78 is 11.2. The lowest BCUT2D eigenvalue weighted by Gasteiger charge is -2.28. The number of hydrogen-bond acceptors (Lipinski definition) is 9. The minimum Gasteiger partial charge on any atom is -0.497 e. The van der Waals surface area contributed by atoms with Gasteiger partial charge in [0.1, 0.15) is 11.5 Å². The fraction of sp³-hybridized carbons (Fsp3) is 0.500. The van der Waals surface area contributed by atoms with Crippen LogP contribution in [-0.4, -0.2) is 90.3 Å². The third kappa shape index (κ3) is 6.09. The largest absolute Gasteiger partial charge is 0.497 e. The number of benzene rings is 2. The van der Waals surface area contributed by atoms with Crippen molar-refractivity contribution >= 4 is 28.6 Å². The molecule has 3 aromatic rings.